The summed E-state index contributed by atoms with van der Waals surface area (Å²) in [5.41, 5.74) is 6.00. The summed E-state index contributed by atoms with van der Waals surface area (Å²) < 4.78 is 12.8. The van der Waals surface area contributed by atoms with E-state index in [0.29, 0.717) is 6.42 Å². The van der Waals surface area contributed by atoms with Crippen molar-refractivity contribution in [3.63, 3.8) is 0 Å². The van der Waals surface area contributed by atoms with E-state index in [0.717, 1.165) is 51.1 Å². The minimum atomic E-state index is -0.0457. The molecule has 2 aromatic heterocycles. The smallest absolute Gasteiger partial charge is 0.159 e. The Morgan fingerprint density at radius 3 is 2.41 bits per heavy atom. The first-order chi connectivity index (χ1) is 15.7. The maximum absolute atomic E-state index is 5.45. The number of aryl methyl sites for hydroxylation is 1. The third kappa shape index (κ3) is 3.54. The number of methoxy groups -OCH3 is 2. The van der Waals surface area contributed by atoms with E-state index in [2.05, 4.69) is 23.2 Å². The lowest BCUT2D eigenvalue weighted by Gasteiger charge is -2.24. The number of aromatic nitrogens is 3. The molecular weight excluding hydrogens is 400 g/mol. The zero-order valence-electron chi connectivity index (χ0n) is 18.3. The van der Waals surface area contributed by atoms with Crippen LogP contribution in [0.2, 0.25) is 0 Å². The van der Waals surface area contributed by atoms with Crippen molar-refractivity contribution in [2.75, 3.05) is 14.2 Å². The van der Waals surface area contributed by atoms with Gasteiger partial charge in [0.05, 0.1) is 31.3 Å². The number of fused-ring (bicyclic) bond motifs is 1. The number of hydrogen-bond donors (Lipinski definition) is 0. The SMILES string of the molecule is COc1ccc(-c2c(C)nn3c2N=C(c2cccc(OC)c2)C[C@@H]3c2ccccn2)cc1. The Morgan fingerprint density at radius 2 is 1.69 bits per heavy atom. The highest BCUT2D eigenvalue weighted by molar-refractivity contribution is 6.04. The average molecular weight is 425 g/mol. The number of ether oxygens (including phenoxy) is 2. The number of pyridine rings is 1. The Labute approximate surface area is 187 Å². The van der Waals surface area contributed by atoms with E-state index in [9.17, 15) is 0 Å². The molecule has 2 aromatic carbocycles. The van der Waals surface area contributed by atoms with E-state index >= 15 is 0 Å². The first-order valence-corrected chi connectivity index (χ1v) is 10.5. The van der Waals surface area contributed by atoms with Crippen molar-refractivity contribution >= 4 is 11.5 Å². The van der Waals surface area contributed by atoms with Crippen molar-refractivity contribution in [1.82, 2.24) is 14.8 Å². The molecule has 0 saturated heterocycles. The van der Waals surface area contributed by atoms with Crippen molar-refractivity contribution in [2.24, 2.45) is 4.99 Å². The molecule has 32 heavy (non-hydrogen) atoms. The predicted molar refractivity (Wildman–Crippen MR) is 125 cm³/mol. The van der Waals surface area contributed by atoms with Gasteiger partial charge >= 0.3 is 0 Å². The fourth-order valence-electron chi connectivity index (χ4n) is 4.19. The Bertz CT molecular complexity index is 1280. The van der Waals surface area contributed by atoms with Crippen LogP contribution in [0.15, 0.2) is 77.9 Å². The lowest BCUT2D eigenvalue weighted by Crippen LogP contribution is -2.22. The number of benzene rings is 2. The lowest BCUT2D eigenvalue weighted by molar-refractivity contribution is 0.414. The third-order valence-electron chi connectivity index (χ3n) is 5.79. The number of aliphatic imine (C=N–C) groups is 1. The second kappa shape index (κ2) is 8.30. The fourth-order valence-corrected chi connectivity index (χ4v) is 4.19. The summed E-state index contributed by atoms with van der Waals surface area (Å²) in [6, 6.07) is 22.0. The summed E-state index contributed by atoms with van der Waals surface area (Å²) in [5, 5.41) is 4.90. The van der Waals surface area contributed by atoms with Crippen LogP contribution in [0.5, 0.6) is 11.5 Å². The molecule has 1 aliphatic heterocycles. The summed E-state index contributed by atoms with van der Waals surface area (Å²) >= 11 is 0. The molecule has 0 fully saturated rings. The third-order valence-corrected chi connectivity index (χ3v) is 5.79. The maximum Gasteiger partial charge on any atom is 0.159 e. The molecule has 0 bridgehead atoms. The van der Waals surface area contributed by atoms with Gasteiger partial charge in [-0.3, -0.25) is 4.98 Å². The van der Waals surface area contributed by atoms with Gasteiger partial charge in [0, 0.05) is 18.2 Å². The number of rotatable bonds is 5. The highest BCUT2D eigenvalue weighted by Gasteiger charge is 2.30. The second-order valence-corrected chi connectivity index (χ2v) is 7.72. The highest BCUT2D eigenvalue weighted by atomic mass is 16.5. The molecule has 0 aliphatic carbocycles. The molecule has 6 heteroatoms. The van der Waals surface area contributed by atoms with Crippen molar-refractivity contribution in [3.05, 3.63) is 89.9 Å². The van der Waals surface area contributed by atoms with Crippen LogP contribution in [0.1, 0.15) is 29.4 Å². The van der Waals surface area contributed by atoms with E-state index in [1.54, 1.807) is 14.2 Å². The molecule has 6 nitrogen and oxygen atoms in total. The first-order valence-electron chi connectivity index (χ1n) is 10.5. The monoisotopic (exact) mass is 424 g/mol. The van der Waals surface area contributed by atoms with Gasteiger partial charge < -0.3 is 9.47 Å². The topological polar surface area (TPSA) is 61.5 Å². The van der Waals surface area contributed by atoms with E-state index in [1.165, 1.54) is 0 Å². The molecule has 0 radical (unpaired) electrons. The number of hydrogen-bond acceptors (Lipinski definition) is 5. The Kier molecular flexibility index (Phi) is 5.19. The van der Waals surface area contributed by atoms with Gasteiger partial charge in [-0.1, -0.05) is 30.3 Å². The summed E-state index contributed by atoms with van der Waals surface area (Å²) in [7, 11) is 3.35. The summed E-state index contributed by atoms with van der Waals surface area (Å²) in [6.07, 6.45) is 2.52. The molecule has 160 valence electrons. The fraction of sp³-hybridized carbons (Fsp3) is 0.192. The molecule has 0 spiro atoms. The Hall–Kier alpha value is -3.93. The van der Waals surface area contributed by atoms with Crippen LogP contribution < -0.4 is 9.47 Å². The van der Waals surface area contributed by atoms with E-state index < -0.39 is 0 Å². The van der Waals surface area contributed by atoms with Gasteiger partial charge in [-0.05, 0) is 54.4 Å². The summed E-state index contributed by atoms with van der Waals surface area (Å²) in [6.45, 7) is 2.03. The molecule has 4 aromatic rings. The van der Waals surface area contributed by atoms with Gasteiger partial charge in [-0.25, -0.2) is 9.67 Å². The zero-order valence-corrected chi connectivity index (χ0v) is 18.3. The molecule has 0 saturated carbocycles. The summed E-state index contributed by atoms with van der Waals surface area (Å²) in [5.74, 6) is 2.47. The number of nitrogens with zero attached hydrogens (tertiary/aromatic N) is 4. The quantitative estimate of drug-likeness (QED) is 0.431. The molecule has 0 N–H and O–H groups in total. The largest absolute Gasteiger partial charge is 0.497 e. The van der Waals surface area contributed by atoms with Crippen LogP contribution in [-0.2, 0) is 0 Å². The van der Waals surface area contributed by atoms with E-state index in [4.69, 9.17) is 19.6 Å². The standard InChI is InChI=1S/C26H24N4O2/c1-17-25(18-10-12-20(31-2)13-11-18)26-28-23(19-7-6-8-21(15-19)32-3)16-24(30(26)29-17)22-9-4-5-14-27-22/h4-15,24H,16H2,1-3H3/t24-/m1/s1. The Balaban J connectivity index is 1.69. The van der Waals surface area contributed by atoms with Gasteiger partial charge in [0.2, 0.25) is 0 Å². The molecular formula is C26H24N4O2. The van der Waals surface area contributed by atoms with Crippen LogP contribution >= 0.6 is 0 Å². The van der Waals surface area contributed by atoms with Crippen molar-refractivity contribution in [1.29, 1.82) is 0 Å². The van der Waals surface area contributed by atoms with Crippen molar-refractivity contribution < 1.29 is 9.47 Å². The van der Waals surface area contributed by atoms with E-state index in [-0.39, 0.29) is 6.04 Å². The Morgan fingerprint density at radius 1 is 0.875 bits per heavy atom. The van der Waals surface area contributed by atoms with Gasteiger partial charge in [-0.2, -0.15) is 5.10 Å². The van der Waals surface area contributed by atoms with Crippen LogP contribution in [-0.4, -0.2) is 34.7 Å². The molecule has 3 heterocycles. The zero-order chi connectivity index (χ0) is 22.1. The molecule has 5 rings (SSSR count). The second-order valence-electron chi connectivity index (χ2n) is 7.72. The highest BCUT2D eigenvalue weighted by Crippen LogP contribution is 2.41. The molecule has 1 atom stereocenters. The van der Waals surface area contributed by atoms with Gasteiger partial charge in [0.15, 0.2) is 5.82 Å². The van der Waals surface area contributed by atoms with Crippen LogP contribution in [0, 0.1) is 6.92 Å². The summed E-state index contributed by atoms with van der Waals surface area (Å²) in [4.78, 5) is 9.75. The average Bonchev–Trinajstić information content (AvgIpc) is 3.19. The first kappa shape index (κ1) is 20.0. The molecule has 0 amide bonds. The van der Waals surface area contributed by atoms with Crippen LogP contribution in [0.4, 0.5) is 5.82 Å². The minimum absolute atomic E-state index is 0.0457. The van der Waals surface area contributed by atoms with Gasteiger partial charge in [-0.15, -0.1) is 0 Å². The lowest BCUT2D eigenvalue weighted by atomic mass is 9.97. The van der Waals surface area contributed by atoms with Crippen LogP contribution in [0.25, 0.3) is 11.1 Å². The van der Waals surface area contributed by atoms with Crippen molar-refractivity contribution in [3.8, 4) is 22.6 Å². The van der Waals surface area contributed by atoms with E-state index in [1.807, 2.05) is 66.3 Å². The van der Waals surface area contributed by atoms with Gasteiger partial charge in [0.25, 0.3) is 0 Å². The van der Waals surface area contributed by atoms with Crippen molar-refractivity contribution in [2.45, 2.75) is 19.4 Å². The predicted octanol–water partition coefficient (Wildman–Crippen LogP) is 5.38. The normalized spacial score (nSPS) is 15.1. The maximum atomic E-state index is 5.45. The van der Waals surface area contributed by atoms with Crippen LogP contribution in [0.3, 0.4) is 0 Å². The van der Waals surface area contributed by atoms with Gasteiger partial charge in [0.1, 0.15) is 17.5 Å². The molecule has 1 aliphatic rings. The molecule has 0 unspecified atom stereocenters. The minimum Gasteiger partial charge on any atom is -0.497 e.